The van der Waals surface area contributed by atoms with Gasteiger partial charge in [0.15, 0.2) is 0 Å². The summed E-state index contributed by atoms with van der Waals surface area (Å²) in [5, 5.41) is 4.13. The molecule has 2 heteroatoms. The zero-order valence-electron chi connectivity index (χ0n) is 10.6. The van der Waals surface area contributed by atoms with Crippen molar-refractivity contribution >= 4 is 17.7 Å². The van der Waals surface area contributed by atoms with Crippen LogP contribution in [0, 0.1) is 0 Å². The van der Waals surface area contributed by atoms with Gasteiger partial charge in [-0.2, -0.15) is 0 Å². The van der Waals surface area contributed by atoms with E-state index in [-0.39, 0.29) is 0 Å². The first-order chi connectivity index (χ1) is 8.27. The van der Waals surface area contributed by atoms with Crippen LogP contribution in [0.2, 0.25) is 5.02 Å². The molecule has 0 bridgehead atoms. The van der Waals surface area contributed by atoms with E-state index in [1.807, 2.05) is 18.2 Å². The Morgan fingerprint density at radius 1 is 1.29 bits per heavy atom. The Bertz CT molecular complexity index is 347. The molecule has 0 aliphatic carbocycles. The predicted molar refractivity (Wildman–Crippen MR) is 77.6 cm³/mol. The van der Waals surface area contributed by atoms with Crippen LogP contribution in [-0.4, -0.2) is 13.1 Å². The second-order valence-corrected chi connectivity index (χ2v) is 4.65. The van der Waals surface area contributed by atoms with Gasteiger partial charge in [-0.25, -0.2) is 0 Å². The van der Waals surface area contributed by atoms with Gasteiger partial charge in [-0.15, -0.1) is 0 Å². The Balaban J connectivity index is 2.33. The number of aryl methyl sites for hydroxylation is 1. The molecule has 1 aromatic rings. The van der Waals surface area contributed by atoms with Crippen molar-refractivity contribution in [3.05, 3.63) is 40.9 Å². The van der Waals surface area contributed by atoms with Gasteiger partial charge in [-0.1, -0.05) is 43.7 Å². The summed E-state index contributed by atoms with van der Waals surface area (Å²) in [7, 11) is 0. The fourth-order valence-electron chi connectivity index (χ4n) is 1.90. The standard InChI is InChI=1S/C15H22ClN/c1-3-13-12-15(16)10-9-14(13)8-6-5-7-11-17-4-2/h3,9-10,12,17H,1,4-8,11H2,2H3. The molecule has 0 saturated carbocycles. The van der Waals surface area contributed by atoms with Crippen molar-refractivity contribution in [2.24, 2.45) is 0 Å². The molecule has 0 aliphatic heterocycles. The smallest absolute Gasteiger partial charge is 0.0412 e. The highest BCUT2D eigenvalue weighted by atomic mass is 35.5. The fourth-order valence-corrected chi connectivity index (χ4v) is 2.08. The lowest BCUT2D eigenvalue weighted by atomic mass is 10.0. The average Bonchev–Trinajstić information content (AvgIpc) is 2.35. The summed E-state index contributed by atoms with van der Waals surface area (Å²) in [6.07, 6.45) is 6.76. The van der Waals surface area contributed by atoms with Crippen LogP contribution in [0.25, 0.3) is 6.08 Å². The number of hydrogen-bond donors (Lipinski definition) is 1. The molecule has 0 unspecified atom stereocenters. The fraction of sp³-hybridized carbons (Fsp3) is 0.467. The summed E-state index contributed by atoms with van der Waals surface area (Å²) in [5.41, 5.74) is 2.53. The minimum absolute atomic E-state index is 0.788. The molecule has 94 valence electrons. The largest absolute Gasteiger partial charge is 0.317 e. The van der Waals surface area contributed by atoms with E-state index in [1.54, 1.807) is 0 Å². The highest BCUT2D eigenvalue weighted by Gasteiger charge is 2.00. The maximum Gasteiger partial charge on any atom is 0.0412 e. The van der Waals surface area contributed by atoms with E-state index < -0.39 is 0 Å². The van der Waals surface area contributed by atoms with E-state index in [2.05, 4.69) is 24.9 Å². The molecule has 1 rings (SSSR count). The van der Waals surface area contributed by atoms with Crippen molar-refractivity contribution in [1.29, 1.82) is 0 Å². The molecule has 0 aromatic heterocycles. The molecule has 0 fully saturated rings. The molecule has 0 spiro atoms. The quantitative estimate of drug-likeness (QED) is 0.679. The van der Waals surface area contributed by atoms with Gasteiger partial charge in [-0.05, 0) is 55.6 Å². The van der Waals surface area contributed by atoms with Crippen LogP contribution in [0.5, 0.6) is 0 Å². The first kappa shape index (κ1) is 14.3. The highest BCUT2D eigenvalue weighted by Crippen LogP contribution is 2.19. The molecule has 0 atom stereocenters. The summed E-state index contributed by atoms with van der Waals surface area (Å²) < 4.78 is 0. The van der Waals surface area contributed by atoms with Crippen LogP contribution in [0.3, 0.4) is 0 Å². The Hall–Kier alpha value is -0.790. The van der Waals surface area contributed by atoms with Crippen molar-refractivity contribution in [3.63, 3.8) is 0 Å². The van der Waals surface area contributed by atoms with Crippen molar-refractivity contribution in [3.8, 4) is 0 Å². The molecular formula is C15H22ClN. The molecule has 17 heavy (non-hydrogen) atoms. The predicted octanol–water partition coefficient (Wildman–Crippen LogP) is 4.31. The Kier molecular flexibility index (Phi) is 6.99. The summed E-state index contributed by atoms with van der Waals surface area (Å²) >= 11 is 5.96. The summed E-state index contributed by atoms with van der Waals surface area (Å²) in [6.45, 7) is 8.17. The van der Waals surface area contributed by atoms with E-state index in [1.165, 1.54) is 30.4 Å². The highest BCUT2D eigenvalue weighted by molar-refractivity contribution is 6.30. The third-order valence-electron chi connectivity index (χ3n) is 2.88. The van der Waals surface area contributed by atoms with E-state index >= 15 is 0 Å². The second-order valence-electron chi connectivity index (χ2n) is 4.21. The maximum absolute atomic E-state index is 5.96. The number of halogens is 1. The zero-order chi connectivity index (χ0) is 12.5. The lowest BCUT2D eigenvalue weighted by Gasteiger charge is -2.07. The van der Waals surface area contributed by atoms with E-state index in [0.29, 0.717) is 0 Å². The van der Waals surface area contributed by atoms with Gasteiger partial charge < -0.3 is 5.32 Å². The van der Waals surface area contributed by atoms with Crippen molar-refractivity contribution in [1.82, 2.24) is 5.32 Å². The number of benzene rings is 1. The van der Waals surface area contributed by atoms with Crippen LogP contribution >= 0.6 is 11.6 Å². The molecular weight excluding hydrogens is 230 g/mol. The van der Waals surface area contributed by atoms with E-state index in [0.717, 1.165) is 24.5 Å². The first-order valence-corrected chi connectivity index (χ1v) is 6.77. The minimum atomic E-state index is 0.788. The Labute approximate surface area is 110 Å². The van der Waals surface area contributed by atoms with Gasteiger partial charge in [0.05, 0.1) is 0 Å². The van der Waals surface area contributed by atoms with E-state index in [4.69, 9.17) is 11.6 Å². The van der Waals surface area contributed by atoms with Crippen LogP contribution in [0.15, 0.2) is 24.8 Å². The average molecular weight is 252 g/mol. The van der Waals surface area contributed by atoms with Gasteiger partial charge in [-0.3, -0.25) is 0 Å². The van der Waals surface area contributed by atoms with E-state index in [9.17, 15) is 0 Å². The monoisotopic (exact) mass is 251 g/mol. The lowest BCUT2D eigenvalue weighted by Crippen LogP contribution is -2.13. The zero-order valence-corrected chi connectivity index (χ0v) is 11.4. The molecule has 1 N–H and O–H groups in total. The van der Waals surface area contributed by atoms with Crippen molar-refractivity contribution in [2.75, 3.05) is 13.1 Å². The summed E-state index contributed by atoms with van der Waals surface area (Å²) in [4.78, 5) is 0. The number of hydrogen-bond acceptors (Lipinski definition) is 1. The number of unbranched alkanes of at least 4 members (excludes halogenated alkanes) is 2. The van der Waals surface area contributed by atoms with Crippen LogP contribution < -0.4 is 5.32 Å². The third-order valence-corrected chi connectivity index (χ3v) is 3.11. The molecule has 0 radical (unpaired) electrons. The van der Waals surface area contributed by atoms with Gasteiger partial charge in [0.1, 0.15) is 0 Å². The molecule has 0 saturated heterocycles. The number of nitrogens with one attached hydrogen (secondary N) is 1. The Morgan fingerprint density at radius 3 is 2.82 bits per heavy atom. The van der Waals surface area contributed by atoms with Gasteiger partial charge in [0.25, 0.3) is 0 Å². The van der Waals surface area contributed by atoms with Gasteiger partial charge in [0, 0.05) is 5.02 Å². The SMILES string of the molecule is C=Cc1cc(Cl)ccc1CCCCCNCC. The van der Waals surface area contributed by atoms with Gasteiger partial charge in [0.2, 0.25) is 0 Å². The lowest BCUT2D eigenvalue weighted by molar-refractivity contribution is 0.616. The van der Waals surface area contributed by atoms with Crippen LogP contribution in [0.4, 0.5) is 0 Å². The topological polar surface area (TPSA) is 12.0 Å². The normalized spacial score (nSPS) is 10.5. The molecule has 1 nitrogen and oxygen atoms in total. The van der Waals surface area contributed by atoms with Crippen molar-refractivity contribution in [2.45, 2.75) is 32.6 Å². The molecule has 0 amide bonds. The third kappa shape index (κ3) is 5.38. The molecule has 1 aromatic carbocycles. The summed E-state index contributed by atoms with van der Waals surface area (Å²) in [5.74, 6) is 0. The van der Waals surface area contributed by atoms with Gasteiger partial charge >= 0.3 is 0 Å². The van der Waals surface area contributed by atoms with Crippen molar-refractivity contribution < 1.29 is 0 Å². The second kappa shape index (κ2) is 8.32. The maximum atomic E-state index is 5.96. The molecule has 0 heterocycles. The van der Waals surface area contributed by atoms with Crippen LogP contribution in [0.1, 0.15) is 37.3 Å². The summed E-state index contributed by atoms with van der Waals surface area (Å²) in [6, 6.07) is 6.06. The van der Waals surface area contributed by atoms with Crippen LogP contribution in [-0.2, 0) is 6.42 Å². The minimum Gasteiger partial charge on any atom is -0.317 e. The molecule has 0 aliphatic rings. The first-order valence-electron chi connectivity index (χ1n) is 6.39. The Morgan fingerprint density at radius 2 is 2.12 bits per heavy atom. The number of rotatable bonds is 8.